The fourth-order valence-electron chi connectivity index (χ4n) is 2.00. The van der Waals surface area contributed by atoms with Crippen LogP contribution in [0.25, 0.3) is 0 Å². The molecule has 0 unspecified atom stereocenters. The van der Waals surface area contributed by atoms with Gasteiger partial charge < -0.3 is 14.7 Å². The molecule has 0 atom stereocenters. The molecule has 1 N–H and O–H groups in total. The highest BCUT2D eigenvalue weighted by molar-refractivity contribution is 6.25. The SMILES string of the molecule is COc1cc(C=NO)c(OC)c2c1C(=O)C=CC2=O. The molecule has 0 aliphatic heterocycles. The predicted octanol–water partition coefficient (Wildman–Crippen LogP) is 1.45. The van der Waals surface area contributed by atoms with E-state index in [2.05, 4.69) is 5.16 Å². The van der Waals surface area contributed by atoms with Crippen molar-refractivity contribution < 1.29 is 24.3 Å². The van der Waals surface area contributed by atoms with Crippen molar-refractivity contribution in [2.75, 3.05) is 14.2 Å². The van der Waals surface area contributed by atoms with Crippen molar-refractivity contribution >= 4 is 17.8 Å². The van der Waals surface area contributed by atoms with E-state index in [4.69, 9.17) is 14.7 Å². The Kier molecular flexibility index (Phi) is 3.33. The maximum atomic E-state index is 12.0. The van der Waals surface area contributed by atoms with Crippen LogP contribution >= 0.6 is 0 Å². The van der Waals surface area contributed by atoms with Crippen molar-refractivity contribution in [3.05, 3.63) is 34.9 Å². The Morgan fingerprint density at radius 3 is 2.26 bits per heavy atom. The van der Waals surface area contributed by atoms with Gasteiger partial charge in [0.1, 0.15) is 11.5 Å². The van der Waals surface area contributed by atoms with Gasteiger partial charge in [-0.3, -0.25) is 9.59 Å². The number of carbonyl (C=O) groups excluding carboxylic acids is 2. The highest BCUT2D eigenvalue weighted by atomic mass is 16.5. The number of ether oxygens (including phenoxy) is 2. The zero-order valence-electron chi connectivity index (χ0n) is 10.3. The minimum atomic E-state index is -0.363. The average Bonchev–Trinajstić information content (AvgIpc) is 2.42. The van der Waals surface area contributed by atoms with Crippen LogP contribution < -0.4 is 9.47 Å². The number of rotatable bonds is 3. The lowest BCUT2D eigenvalue weighted by Gasteiger charge is -2.18. The number of hydrogen-bond acceptors (Lipinski definition) is 6. The van der Waals surface area contributed by atoms with Crippen LogP contribution in [-0.4, -0.2) is 37.2 Å². The monoisotopic (exact) mass is 261 g/mol. The lowest BCUT2D eigenvalue weighted by Crippen LogP contribution is -2.16. The fraction of sp³-hybridized carbons (Fsp3) is 0.154. The van der Waals surface area contributed by atoms with Gasteiger partial charge in [-0.2, -0.15) is 0 Å². The topological polar surface area (TPSA) is 85.2 Å². The van der Waals surface area contributed by atoms with Crippen LogP contribution in [0.1, 0.15) is 26.3 Å². The second-order valence-electron chi connectivity index (χ2n) is 3.76. The third-order valence-electron chi connectivity index (χ3n) is 2.77. The van der Waals surface area contributed by atoms with E-state index in [1.54, 1.807) is 0 Å². The molecule has 6 heteroatoms. The molecular formula is C13H11NO5. The van der Waals surface area contributed by atoms with Gasteiger partial charge in [0.2, 0.25) is 0 Å². The lowest BCUT2D eigenvalue weighted by molar-refractivity contribution is 0.0989. The Balaban J connectivity index is 2.85. The molecule has 1 aliphatic carbocycles. The molecule has 19 heavy (non-hydrogen) atoms. The fourth-order valence-corrected chi connectivity index (χ4v) is 2.00. The molecule has 0 bridgehead atoms. The van der Waals surface area contributed by atoms with Gasteiger partial charge in [0.05, 0.1) is 31.6 Å². The number of fused-ring (bicyclic) bond motifs is 1. The van der Waals surface area contributed by atoms with Crippen molar-refractivity contribution in [2.24, 2.45) is 5.16 Å². The summed E-state index contributed by atoms with van der Waals surface area (Å²) in [7, 11) is 2.75. The molecule has 0 aromatic heterocycles. The van der Waals surface area contributed by atoms with Gasteiger partial charge in [-0.05, 0) is 18.2 Å². The van der Waals surface area contributed by atoms with Crippen molar-refractivity contribution in [1.82, 2.24) is 0 Å². The summed E-state index contributed by atoms with van der Waals surface area (Å²) in [6.07, 6.45) is 3.47. The maximum Gasteiger partial charge on any atom is 0.190 e. The Labute approximate surface area is 108 Å². The Morgan fingerprint density at radius 2 is 1.74 bits per heavy atom. The van der Waals surface area contributed by atoms with Crippen LogP contribution in [0.15, 0.2) is 23.4 Å². The van der Waals surface area contributed by atoms with Crippen molar-refractivity contribution in [3.63, 3.8) is 0 Å². The molecule has 6 nitrogen and oxygen atoms in total. The van der Waals surface area contributed by atoms with Crippen LogP contribution in [0.4, 0.5) is 0 Å². The van der Waals surface area contributed by atoms with Crippen LogP contribution in [0, 0.1) is 0 Å². The molecule has 0 fully saturated rings. The van der Waals surface area contributed by atoms with E-state index in [-0.39, 0.29) is 34.2 Å². The van der Waals surface area contributed by atoms with E-state index < -0.39 is 0 Å². The molecule has 0 heterocycles. The molecule has 0 radical (unpaired) electrons. The number of oxime groups is 1. The van der Waals surface area contributed by atoms with E-state index in [1.165, 1.54) is 32.4 Å². The summed E-state index contributed by atoms with van der Waals surface area (Å²) < 4.78 is 10.3. The average molecular weight is 261 g/mol. The first-order chi connectivity index (χ1) is 9.13. The number of benzene rings is 1. The molecule has 1 aliphatic rings. The third kappa shape index (κ3) is 1.97. The first kappa shape index (κ1) is 12.8. The largest absolute Gasteiger partial charge is 0.496 e. The van der Waals surface area contributed by atoms with Gasteiger partial charge in [0.15, 0.2) is 11.6 Å². The van der Waals surface area contributed by atoms with Gasteiger partial charge in [-0.25, -0.2) is 0 Å². The predicted molar refractivity (Wildman–Crippen MR) is 66.7 cm³/mol. The molecule has 0 saturated carbocycles. The Morgan fingerprint density at radius 1 is 1.11 bits per heavy atom. The van der Waals surface area contributed by atoms with E-state index in [0.29, 0.717) is 5.56 Å². The highest BCUT2D eigenvalue weighted by Crippen LogP contribution is 2.36. The molecule has 0 saturated heterocycles. The zero-order valence-corrected chi connectivity index (χ0v) is 10.3. The zero-order chi connectivity index (χ0) is 14.0. The number of nitrogens with zero attached hydrogens (tertiary/aromatic N) is 1. The first-order valence-electron chi connectivity index (χ1n) is 5.37. The van der Waals surface area contributed by atoms with Crippen LogP contribution in [0.3, 0.4) is 0 Å². The molecule has 98 valence electrons. The second-order valence-corrected chi connectivity index (χ2v) is 3.76. The van der Waals surface area contributed by atoms with Crippen molar-refractivity contribution in [3.8, 4) is 11.5 Å². The van der Waals surface area contributed by atoms with Gasteiger partial charge in [-0.1, -0.05) is 5.16 Å². The normalized spacial score (nSPS) is 13.8. The summed E-state index contributed by atoms with van der Waals surface area (Å²) in [5.74, 6) is -0.292. The van der Waals surface area contributed by atoms with Crippen LogP contribution in [-0.2, 0) is 0 Å². The minimum absolute atomic E-state index is 0.115. The van der Waals surface area contributed by atoms with Crippen molar-refractivity contribution in [1.29, 1.82) is 0 Å². The smallest absolute Gasteiger partial charge is 0.190 e. The molecular weight excluding hydrogens is 250 g/mol. The number of carbonyl (C=O) groups is 2. The quantitative estimate of drug-likeness (QED) is 0.505. The molecule has 0 spiro atoms. The Bertz CT molecular complexity index is 616. The highest BCUT2D eigenvalue weighted by Gasteiger charge is 2.29. The maximum absolute atomic E-state index is 12.0. The number of allylic oxidation sites excluding steroid dienone is 2. The summed E-state index contributed by atoms with van der Waals surface area (Å²) in [5, 5.41) is 11.5. The van der Waals surface area contributed by atoms with Gasteiger partial charge >= 0.3 is 0 Å². The summed E-state index contributed by atoms with van der Waals surface area (Å²) in [4.78, 5) is 23.8. The number of ketones is 2. The van der Waals surface area contributed by atoms with Gasteiger partial charge in [-0.15, -0.1) is 0 Å². The summed E-state index contributed by atoms with van der Waals surface area (Å²) in [6, 6.07) is 1.47. The minimum Gasteiger partial charge on any atom is -0.496 e. The summed E-state index contributed by atoms with van der Waals surface area (Å²) in [6.45, 7) is 0. The van der Waals surface area contributed by atoms with E-state index in [0.717, 1.165) is 6.21 Å². The number of methoxy groups -OCH3 is 2. The summed E-state index contributed by atoms with van der Waals surface area (Å²) in [5.41, 5.74) is 0.614. The van der Waals surface area contributed by atoms with E-state index in [1.807, 2.05) is 0 Å². The number of hydrogen-bond donors (Lipinski definition) is 1. The molecule has 1 aromatic rings. The van der Waals surface area contributed by atoms with Gasteiger partial charge in [0.25, 0.3) is 0 Å². The summed E-state index contributed by atoms with van der Waals surface area (Å²) >= 11 is 0. The molecule has 1 aromatic carbocycles. The second kappa shape index (κ2) is 4.93. The lowest BCUT2D eigenvalue weighted by atomic mass is 9.91. The van der Waals surface area contributed by atoms with Gasteiger partial charge in [0, 0.05) is 5.56 Å². The van der Waals surface area contributed by atoms with Crippen LogP contribution in [0.5, 0.6) is 11.5 Å². The first-order valence-corrected chi connectivity index (χ1v) is 5.37. The van der Waals surface area contributed by atoms with E-state index >= 15 is 0 Å². The Hall–Kier alpha value is -2.63. The standard InChI is InChI=1S/C13H11NO5/c1-18-10-5-7(6-14-17)13(19-2)12-9(16)4-3-8(15)11(10)12/h3-6,17H,1-2H3. The van der Waals surface area contributed by atoms with Crippen molar-refractivity contribution in [2.45, 2.75) is 0 Å². The molecule has 2 rings (SSSR count). The molecule has 0 amide bonds. The van der Waals surface area contributed by atoms with E-state index in [9.17, 15) is 9.59 Å². The third-order valence-corrected chi connectivity index (χ3v) is 2.77. The van der Waals surface area contributed by atoms with Crippen LogP contribution in [0.2, 0.25) is 0 Å².